The molecule has 2 aromatic carbocycles. The van der Waals surface area contributed by atoms with Gasteiger partial charge in [0.15, 0.2) is 0 Å². The molecule has 132 valence electrons. The number of nitrogens with zero attached hydrogens (tertiary/aromatic N) is 2. The molecule has 1 aliphatic rings. The molecule has 0 saturated carbocycles. The minimum Gasteiger partial charge on any atom is -0.497 e. The molecule has 0 amide bonds. The van der Waals surface area contributed by atoms with Crippen LogP contribution in [0.5, 0.6) is 5.75 Å². The highest BCUT2D eigenvalue weighted by Crippen LogP contribution is 2.30. The molecule has 0 radical (unpaired) electrons. The Bertz CT molecular complexity index is 935. The molecule has 1 aliphatic heterocycles. The predicted molar refractivity (Wildman–Crippen MR) is 102 cm³/mol. The van der Waals surface area contributed by atoms with E-state index in [-0.39, 0.29) is 12.6 Å². The number of nitrogens with one attached hydrogen (secondary N) is 2. The molecule has 6 heteroatoms. The zero-order valence-corrected chi connectivity index (χ0v) is 14.4. The van der Waals surface area contributed by atoms with Crippen LogP contribution in [0.15, 0.2) is 59.9 Å². The number of hydrogen-bond acceptors (Lipinski definition) is 4. The van der Waals surface area contributed by atoms with E-state index in [4.69, 9.17) is 9.73 Å². The van der Waals surface area contributed by atoms with Gasteiger partial charge >= 0.3 is 0 Å². The number of aromatic nitrogens is 2. The number of ether oxygens (including phenoxy) is 1. The van der Waals surface area contributed by atoms with Gasteiger partial charge in [-0.2, -0.15) is 5.10 Å². The molecule has 2 heterocycles. The Morgan fingerprint density at radius 1 is 1.23 bits per heavy atom. The summed E-state index contributed by atoms with van der Waals surface area (Å²) in [6.45, 7) is -0.0606. The number of methoxy groups -OCH3 is 1. The van der Waals surface area contributed by atoms with Crippen molar-refractivity contribution in [1.29, 1.82) is 0 Å². The molecule has 0 bridgehead atoms. The molecule has 6 nitrogen and oxygen atoms in total. The van der Waals surface area contributed by atoms with Gasteiger partial charge in [0.1, 0.15) is 17.6 Å². The fourth-order valence-electron chi connectivity index (χ4n) is 3.15. The van der Waals surface area contributed by atoms with E-state index in [0.717, 1.165) is 40.4 Å². The smallest absolute Gasteiger partial charge is 0.119 e. The Hall–Kier alpha value is -3.12. The number of aliphatic hydroxyl groups excluding tert-OH is 1. The first-order valence-electron chi connectivity index (χ1n) is 8.47. The summed E-state index contributed by atoms with van der Waals surface area (Å²) in [6.07, 6.45) is 4.40. The number of amidine groups is 1. The SMILES string of the molecule is COc1cccc(C(CO)N=C2Cc3ccc(-c4cn[nH]c4)cc3N2)c1. The summed E-state index contributed by atoms with van der Waals surface area (Å²) in [6, 6.07) is 13.6. The Kier molecular flexibility index (Phi) is 4.41. The van der Waals surface area contributed by atoms with Crippen molar-refractivity contribution in [2.75, 3.05) is 19.0 Å². The van der Waals surface area contributed by atoms with Gasteiger partial charge in [-0.05, 0) is 34.9 Å². The maximum atomic E-state index is 9.80. The summed E-state index contributed by atoms with van der Waals surface area (Å²) in [5, 5.41) is 20.0. The number of hydrogen-bond donors (Lipinski definition) is 3. The standard InChI is InChI=1S/C20H20N4O2/c1-26-17-4-2-3-14(7-17)19(12-25)24-20-9-15-6-5-13(8-18(15)23-20)16-10-21-22-11-16/h2-8,10-11,19,25H,9,12H2,1H3,(H,21,22)(H,23,24). The van der Waals surface area contributed by atoms with Crippen LogP contribution in [0.2, 0.25) is 0 Å². The van der Waals surface area contributed by atoms with Crippen LogP contribution in [0.3, 0.4) is 0 Å². The van der Waals surface area contributed by atoms with Crippen molar-refractivity contribution in [1.82, 2.24) is 10.2 Å². The van der Waals surface area contributed by atoms with E-state index in [0.29, 0.717) is 0 Å². The lowest BCUT2D eigenvalue weighted by atomic mass is 10.1. The average Bonchev–Trinajstić information content (AvgIpc) is 3.34. The lowest BCUT2D eigenvalue weighted by molar-refractivity contribution is 0.268. The third-order valence-corrected chi connectivity index (χ3v) is 4.54. The molecule has 4 rings (SSSR count). The molecule has 1 unspecified atom stereocenters. The van der Waals surface area contributed by atoms with Crippen molar-refractivity contribution in [3.8, 4) is 16.9 Å². The third kappa shape index (κ3) is 3.19. The van der Waals surface area contributed by atoms with E-state index in [1.54, 1.807) is 13.3 Å². The van der Waals surface area contributed by atoms with E-state index < -0.39 is 0 Å². The fraction of sp³-hybridized carbons (Fsp3) is 0.200. The number of benzene rings is 2. The highest BCUT2D eigenvalue weighted by molar-refractivity contribution is 6.03. The van der Waals surface area contributed by atoms with E-state index >= 15 is 0 Å². The molecule has 0 aliphatic carbocycles. The number of rotatable bonds is 5. The summed E-state index contributed by atoms with van der Waals surface area (Å²) < 4.78 is 5.27. The molecule has 26 heavy (non-hydrogen) atoms. The molecule has 0 spiro atoms. The normalized spacial score (nSPS) is 15.5. The summed E-state index contributed by atoms with van der Waals surface area (Å²) in [5.74, 6) is 1.61. The van der Waals surface area contributed by atoms with Crippen molar-refractivity contribution in [2.24, 2.45) is 4.99 Å². The Morgan fingerprint density at radius 3 is 2.92 bits per heavy atom. The molecule has 3 N–H and O–H groups in total. The summed E-state index contributed by atoms with van der Waals surface area (Å²) in [7, 11) is 1.63. The van der Waals surface area contributed by atoms with Gasteiger partial charge in [0.25, 0.3) is 0 Å². The Morgan fingerprint density at radius 2 is 2.15 bits per heavy atom. The largest absolute Gasteiger partial charge is 0.497 e. The predicted octanol–water partition coefficient (Wildman–Crippen LogP) is 3.19. The number of aliphatic hydroxyl groups is 1. The maximum Gasteiger partial charge on any atom is 0.119 e. The molecular formula is C20H20N4O2. The van der Waals surface area contributed by atoms with Gasteiger partial charge in [0, 0.05) is 23.9 Å². The summed E-state index contributed by atoms with van der Waals surface area (Å²) in [5.41, 5.74) is 5.31. The van der Waals surface area contributed by atoms with Crippen molar-refractivity contribution in [2.45, 2.75) is 12.5 Å². The highest BCUT2D eigenvalue weighted by atomic mass is 16.5. The van der Waals surface area contributed by atoms with E-state index in [9.17, 15) is 5.11 Å². The number of aromatic amines is 1. The van der Waals surface area contributed by atoms with Gasteiger partial charge in [0.2, 0.25) is 0 Å². The highest BCUT2D eigenvalue weighted by Gasteiger charge is 2.19. The zero-order chi connectivity index (χ0) is 17.9. The Balaban J connectivity index is 1.58. The van der Waals surface area contributed by atoms with Crippen LogP contribution in [-0.2, 0) is 6.42 Å². The zero-order valence-electron chi connectivity index (χ0n) is 14.4. The molecule has 0 fully saturated rings. The first-order valence-corrected chi connectivity index (χ1v) is 8.47. The molecule has 0 saturated heterocycles. The second kappa shape index (κ2) is 7.01. The average molecular weight is 348 g/mol. The van der Waals surface area contributed by atoms with Gasteiger partial charge < -0.3 is 15.2 Å². The van der Waals surface area contributed by atoms with Crippen molar-refractivity contribution in [3.05, 3.63) is 66.0 Å². The van der Waals surface area contributed by atoms with Crippen LogP contribution in [-0.4, -0.2) is 34.9 Å². The lowest BCUT2D eigenvalue weighted by Gasteiger charge is -2.12. The van der Waals surface area contributed by atoms with Crippen molar-refractivity contribution < 1.29 is 9.84 Å². The van der Waals surface area contributed by atoms with Gasteiger partial charge in [0.05, 0.1) is 19.9 Å². The molecular weight excluding hydrogens is 328 g/mol. The van der Waals surface area contributed by atoms with Crippen LogP contribution >= 0.6 is 0 Å². The van der Waals surface area contributed by atoms with Crippen molar-refractivity contribution >= 4 is 11.5 Å². The second-order valence-electron chi connectivity index (χ2n) is 6.21. The monoisotopic (exact) mass is 348 g/mol. The minimum atomic E-state index is -0.324. The summed E-state index contributed by atoms with van der Waals surface area (Å²) >= 11 is 0. The maximum absolute atomic E-state index is 9.80. The van der Waals surface area contributed by atoms with Crippen LogP contribution in [0, 0.1) is 0 Å². The van der Waals surface area contributed by atoms with Gasteiger partial charge in [-0.1, -0.05) is 24.3 Å². The fourth-order valence-corrected chi connectivity index (χ4v) is 3.15. The summed E-state index contributed by atoms with van der Waals surface area (Å²) in [4.78, 5) is 4.73. The lowest BCUT2D eigenvalue weighted by Crippen LogP contribution is -2.11. The van der Waals surface area contributed by atoms with Gasteiger partial charge in [-0.15, -0.1) is 0 Å². The minimum absolute atomic E-state index is 0.0606. The van der Waals surface area contributed by atoms with Crippen LogP contribution in [0.1, 0.15) is 17.2 Å². The first-order chi connectivity index (χ1) is 12.8. The second-order valence-corrected chi connectivity index (χ2v) is 6.21. The van der Waals surface area contributed by atoms with Gasteiger partial charge in [-0.3, -0.25) is 10.1 Å². The number of H-pyrrole nitrogens is 1. The van der Waals surface area contributed by atoms with E-state index in [2.05, 4.69) is 33.7 Å². The number of aliphatic imine (C=N–C) groups is 1. The molecule has 1 atom stereocenters. The van der Waals surface area contributed by atoms with E-state index in [1.165, 1.54) is 5.56 Å². The van der Waals surface area contributed by atoms with Crippen molar-refractivity contribution in [3.63, 3.8) is 0 Å². The van der Waals surface area contributed by atoms with Crippen LogP contribution in [0.25, 0.3) is 11.1 Å². The number of fused-ring (bicyclic) bond motifs is 1. The van der Waals surface area contributed by atoms with E-state index in [1.807, 2.05) is 30.5 Å². The quantitative estimate of drug-likeness (QED) is 0.661. The van der Waals surface area contributed by atoms with Crippen LogP contribution < -0.4 is 10.1 Å². The number of anilines is 1. The van der Waals surface area contributed by atoms with Crippen LogP contribution in [0.4, 0.5) is 5.69 Å². The van der Waals surface area contributed by atoms with Gasteiger partial charge in [-0.25, -0.2) is 0 Å². The third-order valence-electron chi connectivity index (χ3n) is 4.54. The first kappa shape index (κ1) is 16.4. The molecule has 3 aromatic rings. The topological polar surface area (TPSA) is 82.5 Å². The Labute approximate surface area is 151 Å². The molecule has 1 aromatic heterocycles.